The van der Waals surface area contributed by atoms with E-state index < -0.39 is 11.4 Å². The lowest BCUT2D eigenvalue weighted by Crippen LogP contribution is -2.63. The molecule has 0 aromatic rings. The molecule has 5 aliphatic rings. The normalized spacial score (nSPS) is 52.4. The highest BCUT2D eigenvalue weighted by Crippen LogP contribution is 2.67. The van der Waals surface area contributed by atoms with Gasteiger partial charge in [0.1, 0.15) is 5.78 Å². The van der Waals surface area contributed by atoms with E-state index >= 15 is 0 Å². The average molecular weight is 360 g/mol. The minimum atomic E-state index is -0.703. The van der Waals surface area contributed by atoms with E-state index in [4.69, 9.17) is 9.47 Å². The summed E-state index contributed by atoms with van der Waals surface area (Å²) in [5, 5.41) is 12.1. The third-order valence-electron chi connectivity index (χ3n) is 9.12. The van der Waals surface area contributed by atoms with Gasteiger partial charge in [0.2, 0.25) is 0 Å². The summed E-state index contributed by atoms with van der Waals surface area (Å²) < 4.78 is 11.9. The van der Waals surface area contributed by atoms with Gasteiger partial charge in [-0.2, -0.15) is 0 Å². The third-order valence-corrected chi connectivity index (χ3v) is 9.12. The summed E-state index contributed by atoms with van der Waals surface area (Å²) in [5.74, 6) is 0.632. The zero-order valence-corrected chi connectivity index (χ0v) is 16.3. The number of fused-ring (bicyclic) bond motifs is 5. The molecule has 1 spiro atoms. The number of hydrogen-bond donors (Lipinski definition) is 1. The van der Waals surface area contributed by atoms with Gasteiger partial charge < -0.3 is 14.6 Å². The first-order chi connectivity index (χ1) is 12.2. The van der Waals surface area contributed by atoms with E-state index in [9.17, 15) is 9.90 Å². The fraction of sp³-hybridized carbons (Fsp3) is 0.864. The first-order valence-electron chi connectivity index (χ1n) is 10.5. The third kappa shape index (κ3) is 1.94. The van der Waals surface area contributed by atoms with Crippen LogP contribution in [0.25, 0.3) is 0 Å². The summed E-state index contributed by atoms with van der Waals surface area (Å²) in [4.78, 5) is 12.8. The van der Waals surface area contributed by atoms with Crippen molar-refractivity contribution < 1.29 is 19.4 Å². The second-order valence-corrected chi connectivity index (χ2v) is 10.1. The number of carbonyl (C=O) groups is 1. The van der Waals surface area contributed by atoms with Crippen LogP contribution < -0.4 is 0 Å². The lowest BCUT2D eigenvalue weighted by Gasteiger charge is -2.62. The van der Waals surface area contributed by atoms with Crippen LogP contribution in [0.15, 0.2) is 11.6 Å². The molecule has 4 heteroatoms. The Bertz CT molecular complexity index is 678. The zero-order valence-electron chi connectivity index (χ0n) is 16.3. The molecule has 0 amide bonds. The van der Waals surface area contributed by atoms with Crippen LogP contribution in [0.4, 0.5) is 0 Å². The lowest BCUT2D eigenvalue weighted by molar-refractivity contribution is -0.219. The van der Waals surface area contributed by atoms with Crippen molar-refractivity contribution in [3.63, 3.8) is 0 Å². The van der Waals surface area contributed by atoms with E-state index in [2.05, 4.69) is 26.8 Å². The second kappa shape index (κ2) is 5.21. The number of hydrogen-bond acceptors (Lipinski definition) is 4. The van der Waals surface area contributed by atoms with Crippen molar-refractivity contribution >= 4 is 5.78 Å². The van der Waals surface area contributed by atoms with Crippen molar-refractivity contribution in [2.45, 2.75) is 77.1 Å². The maximum atomic E-state index is 12.8. The van der Waals surface area contributed by atoms with Gasteiger partial charge in [-0.25, -0.2) is 0 Å². The monoisotopic (exact) mass is 360 g/mol. The van der Waals surface area contributed by atoms with Crippen LogP contribution >= 0.6 is 0 Å². The fourth-order valence-electron chi connectivity index (χ4n) is 7.40. The van der Waals surface area contributed by atoms with Crippen LogP contribution in [-0.4, -0.2) is 35.5 Å². The summed E-state index contributed by atoms with van der Waals surface area (Å²) in [7, 11) is 0. The van der Waals surface area contributed by atoms with E-state index in [0.717, 1.165) is 44.9 Å². The first kappa shape index (κ1) is 17.4. The van der Waals surface area contributed by atoms with Crippen LogP contribution in [0, 0.1) is 28.6 Å². The highest BCUT2D eigenvalue weighted by atomic mass is 16.7. The minimum Gasteiger partial charge on any atom is -0.389 e. The molecule has 5 rings (SSSR count). The van der Waals surface area contributed by atoms with E-state index in [1.165, 1.54) is 5.57 Å². The summed E-state index contributed by atoms with van der Waals surface area (Å²) in [5.41, 5.74) is 0.176. The molecule has 3 saturated carbocycles. The molecule has 1 heterocycles. The molecule has 1 saturated heterocycles. The van der Waals surface area contributed by atoms with Gasteiger partial charge in [-0.1, -0.05) is 32.4 Å². The maximum absolute atomic E-state index is 12.8. The molecule has 26 heavy (non-hydrogen) atoms. The second-order valence-electron chi connectivity index (χ2n) is 10.1. The molecule has 0 bridgehead atoms. The Morgan fingerprint density at radius 1 is 1.08 bits per heavy atom. The molecule has 6 atom stereocenters. The molecule has 1 N–H and O–H groups in total. The van der Waals surface area contributed by atoms with Crippen LogP contribution in [0.2, 0.25) is 0 Å². The number of ether oxygens (including phenoxy) is 2. The van der Waals surface area contributed by atoms with Gasteiger partial charge in [-0.15, -0.1) is 0 Å². The van der Waals surface area contributed by atoms with Crippen molar-refractivity contribution in [1.82, 2.24) is 0 Å². The van der Waals surface area contributed by atoms with Gasteiger partial charge in [0.05, 0.1) is 18.8 Å². The van der Waals surface area contributed by atoms with Gasteiger partial charge in [-0.05, 0) is 43.9 Å². The standard InChI is InChI=1S/C22H32O4/c1-14-12-17-16-5-4-15-13-21(25-10-11-26-21)8-7-20(15,3)22(16,24)9-6-19(17,2)18(14)23/h4,14,16-17,24H,5-13H2,1-3H3/t14-,16-,17-,19-,20-,22+/m0/s1. The number of allylic oxidation sites excluding steroid dienone is 1. The molecule has 4 aliphatic carbocycles. The Hall–Kier alpha value is -0.710. The van der Waals surface area contributed by atoms with Crippen molar-refractivity contribution in [2.75, 3.05) is 13.2 Å². The van der Waals surface area contributed by atoms with Crippen molar-refractivity contribution in [3.8, 4) is 0 Å². The molecule has 1 aliphatic heterocycles. The molecular weight excluding hydrogens is 328 g/mol. The number of ketones is 1. The number of rotatable bonds is 0. The SMILES string of the molecule is C[C@H]1C[C@H]2[C@@H]3CC=C4CC5(CC[C@]4(C)[C@@]3(O)CC[C@]2(C)C1=O)OCCO5. The molecule has 0 aromatic heterocycles. The Balaban J connectivity index is 1.52. The van der Waals surface area contributed by atoms with Crippen LogP contribution in [0.5, 0.6) is 0 Å². The van der Waals surface area contributed by atoms with Crippen molar-refractivity contribution in [1.29, 1.82) is 0 Å². The highest BCUT2D eigenvalue weighted by Gasteiger charge is 2.67. The van der Waals surface area contributed by atoms with Gasteiger partial charge in [0.25, 0.3) is 0 Å². The molecular formula is C22H32O4. The highest BCUT2D eigenvalue weighted by molar-refractivity contribution is 5.89. The molecule has 144 valence electrons. The fourth-order valence-corrected chi connectivity index (χ4v) is 7.40. The Kier molecular flexibility index (Phi) is 3.48. The zero-order chi connectivity index (χ0) is 18.4. The summed E-state index contributed by atoms with van der Waals surface area (Å²) in [6.45, 7) is 7.86. The molecule has 4 nitrogen and oxygen atoms in total. The van der Waals surface area contributed by atoms with Crippen molar-refractivity contribution in [3.05, 3.63) is 11.6 Å². The van der Waals surface area contributed by atoms with E-state index in [1.807, 2.05) is 0 Å². The van der Waals surface area contributed by atoms with Crippen LogP contribution in [0.1, 0.15) is 65.7 Å². The van der Waals surface area contributed by atoms with E-state index in [1.54, 1.807) is 0 Å². The molecule has 0 unspecified atom stereocenters. The topological polar surface area (TPSA) is 55.8 Å². The molecule has 0 aromatic carbocycles. The molecule has 4 fully saturated rings. The molecule has 0 radical (unpaired) electrons. The quantitative estimate of drug-likeness (QED) is 0.670. The van der Waals surface area contributed by atoms with Crippen LogP contribution in [0.3, 0.4) is 0 Å². The largest absolute Gasteiger partial charge is 0.389 e. The van der Waals surface area contributed by atoms with E-state index in [0.29, 0.717) is 24.9 Å². The summed E-state index contributed by atoms with van der Waals surface area (Å²) >= 11 is 0. The smallest absolute Gasteiger partial charge is 0.172 e. The average Bonchev–Trinajstić information content (AvgIpc) is 3.15. The van der Waals surface area contributed by atoms with Crippen LogP contribution in [-0.2, 0) is 14.3 Å². The predicted molar refractivity (Wildman–Crippen MR) is 97.4 cm³/mol. The number of carbonyl (C=O) groups excluding carboxylic acids is 1. The Morgan fingerprint density at radius 3 is 2.54 bits per heavy atom. The van der Waals surface area contributed by atoms with Gasteiger partial charge in [0.15, 0.2) is 5.79 Å². The van der Waals surface area contributed by atoms with Gasteiger partial charge in [0, 0.05) is 29.6 Å². The van der Waals surface area contributed by atoms with Crippen molar-refractivity contribution in [2.24, 2.45) is 28.6 Å². The Morgan fingerprint density at radius 2 is 1.81 bits per heavy atom. The Labute approximate surface area is 156 Å². The first-order valence-corrected chi connectivity index (χ1v) is 10.5. The minimum absolute atomic E-state index is 0.139. The lowest BCUT2D eigenvalue weighted by atomic mass is 9.45. The maximum Gasteiger partial charge on any atom is 0.172 e. The number of Topliss-reactive ketones (excluding diaryl/α,β-unsaturated/α-hetero) is 1. The van der Waals surface area contributed by atoms with E-state index in [-0.39, 0.29) is 22.7 Å². The number of aliphatic hydroxyl groups is 1. The predicted octanol–water partition coefficient (Wildman–Crippen LogP) is 3.62. The summed E-state index contributed by atoms with van der Waals surface area (Å²) in [6, 6.07) is 0. The van der Waals surface area contributed by atoms with Gasteiger partial charge in [-0.3, -0.25) is 4.79 Å². The summed E-state index contributed by atoms with van der Waals surface area (Å²) in [6.07, 6.45) is 8.31. The van der Waals surface area contributed by atoms with Gasteiger partial charge >= 0.3 is 0 Å².